The van der Waals surface area contributed by atoms with Crippen LogP contribution in [0, 0.1) is 6.92 Å². The summed E-state index contributed by atoms with van der Waals surface area (Å²) in [6.07, 6.45) is 4.47. The number of fused-ring (bicyclic) bond motifs is 1. The predicted octanol–water partition coefficient (Wildman–Crippen LogP) is 1.63. The number of carbonyl (C=O) groups excluding carboxylic acids is 1. The third kappa shape index (κ3) is 4.53. The van der Waals surface area contributed by atoms with Crippen LogP contribution in [0.5, 0.6) is 0 Å². The van der Waals surface area contributed by atoms with Crippen LogP contribution in [0.15, 0.2) is 24.4 Å². The summed E-state index contributed by atoms with van der Waals surface area (Å²) in [5.41, 5.74) is 2.88. The Hall–Kier alpha value is -2.12. The summed E-state index contributed by atoms with van der Waals surface area (Å²) in [4.78, 5) is 20.9. The van der Waals surface area contributed by atoms with Crippen molar-refractivity contribution in [3.8, 4) is 0 Å². The minimum Gasteiger partial charge on any atom is -0.393 e. The second-order valence-electron chi connectivity index (χ2n) is 7.09. The van der Waals surface area contributed by atoms with Crippen LogP contribution in [0.2, 0.25) is 0 Å². The first kappa shape index (κ1) is 18.7. The summed E-state index contributed by atoms with van der Waals surface area (Å²) in [6.45, 7) is 6.01. The van der Waals surface area contributed by atoms with Crippen molar-refractivity contribution in [3.05, 3.63) is 35.8 Å². The molecule has 3 rings (SSSR count). The number of amides is 2. The van der Waals surface area contributed by atoms with Gasteiger partial charge in [-0.1, -0.05) is 6.07 Å². The van der Waals surface area contributed by atoms with Crippen LogP contribution in [0.4, 0.5) is 4.79 Å². The van der Waals surface area contributed by atoms with Crippen molar-refractivity contribution in [1.29, 1.82) is 0 Å². The number of rotatable bonds is 6. The number of aromatic nitrogens is 2. The van der Waals surface area contributed by atoms with E-state index in [-0.39, 0.29) is 12.1 Å². The third-order valence-electron chi connectivity index (χ3n) is 5.05. The molecule has 7 nitrogen and oxygen atoms in total. The van der Waals surface area contributed by atoms with Crippen molar-refractivity contribution in [1.82, 2.24) is 24.5 Å². The first-order valence-corrected chi connectivity index (χ1v) is 9.36. The summed E-state index contributed by atoms with van der Waals surface area (Å²) in [6, 6.07) is 5.84. The predicted molar refractivity (Wildman–Crippen MR) is 101 cm³/mol. The Morgan fingerprint density at radius 2 is 2.15 bits per heavy atom. The van der Waals surface area contributed by atoms with Crippen LogP contribution >= 0.6 is 0 Å². The molecule has 0 spiro atoms. The molecule has 7 heteroatoms. The molecule has 0 aromatic carbocycles. The molecule has 3 heterocycles. The molecule has 0 saturated carbocycles. The highest BCUT2D eigenvalue weighted by Gasteiger charge is 2.17. The van der Waals surface area contributed by atoms with Gasteiger partial charge in [-0.15, -0.1) is 0 Å². The van der Waals surface area contributed by atoms with Crippen molar-refractivity contribution >= 4 is 11.7 Å². The van der Waals surface area contributed by atoms with E-state index in [0.29, 0.717) is 13.1 Å². The number of hydrogen-bond donors (Lipinski definition) is 2. The molecule has 2 N–H and O–H groups in total. The van der Waals surface area contributed by atoms with Gasteiger partial charge in [0, 0.05) is 32.9 Å². The molecule has 0 bridgehead atoms. The Balaban J connectivity index is 1.44. The van der Waals surface area contributed by atoms with E-state index in [1.165, 1.54) is 0 Å². The highest BCUT2D eigenvalue weighted by molar-refractivity contribution is 5.73. The molecule has 0 atom stereocenters. The number of pyridine rings is 1. The number of carbonyl (C=O) groups is 1. The summed E-state index contributed by atoms with van der Waals surface area (Å²) < 4.78 is 2.03. The van der Waals surface area contributed by atoms with Crippen LogP contribution in [-0.2, 0) is 6.54 Å². The average Bonchev–Trinajstić information content (AvgIpc) is 2.95. The van der Waals surface area contributed by atoms with Gasteiger partial charge < -0.3 is 24.6 Å². The van der Waals surface area contributed by atoms with Crippen LogP contribution in [0.3, 0.4) is 0 Å². The number of nitrogens with zero attached hydrogens (tertiary/aromatic N) is 4. The lowest BCUT2D eigenvalue weighted by Gasteiger charge is -2.29. The van der Waals surface area contributed by atoms with Gasteiger partial charge in [0.1, 0.15) is 5.65 Å². The maximum Gasteiger partial charge on any atom is 0.317 e. The van der Waals surface area contributed by atoms with Crippen molar-refractivity contribution in [2.45, 2.75) is 38.8 Å². The Morgan fingerprint density at radius 3 is 2.92 bits per heavy atom. The number of hydrogen-bond acceptors (Lipinski definition) is 4. The van der Waals surface area contributed by atoms with E-state index in [4.69, 9.17) is 0 Å². The van der Waals surface area contributed by atoms with Gasteiger partial charge in [0.15, 0.2) is 0 Å². The van der Waals surface area contributed by atoms with Crippen LogP contribution in [0.25, 0.3) is 5.65 Å². The van der Waals surface area contributed by atoms with E-state index in [1.54, 1.807) is 4.90 Å². The number of urea groups is 1. The summed E-state index contributed by atoms with van der Waals surface area (Å²) in [5, 5.41) is 12.5. The summed E-state index contributed by atoms with van der Waals surface area (Å²) >= 11 is 0. The maximum atomic E-state index is 12.3. The fourth-order valence-electron chi connectivity index (χ4n) is 3.43. The zero-order valence-corrected chi connectivity index (χ0v) is 15.7. The highest BCUT2D eigenvalue weighted by Crippen LogP contribution is 2.13. The minimum atomic E-state index is -0.136. The Labute approximate surface area is 154 Å². The average molecular weight is 359 g/mol. The molecule has 142 valence electrons. The first-order chi connectivity index (χ1) is 12.5. The first-order valence-electron chi connectivity index (χ1n) is 9.36. The van der Waals surface area contributed by atoms with Crippen LogP contribution < -0.4 is 5.32 Å². The van der Waals surface area contributed by atoms with Crippen molar-refractivity contribution in [2.75, 3.05) is 33.2 Å². The maximum absolute atomic E-state index is 12.3. The van der Waals surface area contributed by atoms with Crippen molar-refractivity contribution in [3.63, 3.8) is 0 Å². The number of aliphatic hydroxyl groups excluding tert-OH is 1. The van der Waals surface area contributed by atoms with Crippen LogP contribution in [0.1, 0.15) is 30.7 Å². The monoisotopic (exact) mass is 359 g/mol. The number of aryl methyl sites for hydroxylation is 1. The quantitative estimate of drug-likeness (QED) is 0.769. The number of nitrogens with one attached hydrogen (secondary N) is 1. The Kier molecular flexibility index (Phi) is 6.11. The lowest BCUT2D eigenvalue weighted by atomic mass is 10.1. The van der Waals surface area contributed by atoms with Gasteiger partial charge in [-0.2, -0.15) is 0 Å². The Morgan fingerprint density at radius 1 is 1.38 bits per heavy atom. The summed E-state index contributed by atoms with van der Waals surface area (Å²) in [7, 11) is 1.81. The van der Waals surface area contributed by atoms with E-state index in [9.17, 15) is 9.90 Å². The van der Waals surface area contributed by atoms with Gasteiger partial charge >= 0.3 is 6.03 Å². The molecule has 1 fully saturated rings. The molecule has 26 heavy (non-hydrogen) atoms. The third-order valence-corrected chi connectivity index (χ3v) is 5.05. The molecule has 1 aliphatic rings. The zero-order chi connectivity index (χ0) is 18.5. The van der Waals surface area contributed by atoms with Gasteiger partial charge in [-0.25, -0.2) is 9.78 Å². The molecule has 0 aliphatic carbocycles. The van der Waals surface area contributed by atoms with Gasteiger partial charge in [-0.05, 0) is 44.9 Å². The number of imidazole rings is 1. The van der Waals surface area contributed by atoms with E-state index in [2.05, 4.69) is 15.2 Å². The van der Waals surface area contributed by atoms with Gasteiger partial charge in [0.05, 0.1) is 24.0 Å². The molecule has 1 aliphatic heterocycles. The van der Waals surface area contributed by atoms with Crippen LogP contribution in [-0.4, -0.2) is 69.7 Å². The van der Waals surface area contributed by atoms with Gasteiger partial charge in [0.2, 0.25) is 0 Å². The number of aliphatic hydroxyl groups is 1. The fraction of sp³-hybridized carbons (Fsp3) is 0.579. The summed E-state index contributed by atoms with van der Waals surface area (Å²) in [5.74, 6) is 0. The second-order valence-corrected chi connectivity index (χ2v) is 7.09. The highest BCUT2D eigenvalue weighted by atomic mass is 16.3. The molecular weight excluding hydrogens is 330 g/mol. The second kappa shape index (κ2) is 8.51. The molecule has 0 radical (unpaired) electrons. The molecule has 2 aromatic rings. The van der Waals surface area contributed by atoms with Crippen molar-refractivity contribution in [2.24, 2.45) is 0 Å². The largest absolute Gasteiger partial charge is 0.393 e. The van der Waals surface area contributed by atoms with E-state index < -0.39 is 0 Å². The molecule has 1 saturated heterocycles. The normalized spacial score (nSPS) is 16.1. The van der Waals surface area contributed by atoms with E-state index >= 15 is 0 Å². The molecule has 0 unspecified atom stereocenters. The van der Waals surface area contributed by atoms with E-state index in [1.807, 2.05) is 42.8 Å². The van der Waals surface area contributed by atoms with Gasteiger partial charge in [0.25, 0.3) is 0 Å². The lowest BCUT2D eigenvalue weighted by molar-refractivity contribution is 0.0821. The topological polar surface area (TPSA) is 73.1 Å². The fourth-order valence-corrected chi connectivity index (χ4v) is 3.43. The smallest absolute Gasteiger partial charge is 0.317 e. The van der Waals surface area contributed by atoms with E-state index in [0.717, 1.165) is 55.9 Å². The molecular formula is C19H29N5O2. The lowest BCUT2D eigenvalue weighted by Crippen LogP contribution is -2.40. The number of likely N-dealkylation sites (tertiary alicyclic amines) is 1. The standard InChI is InChI=1S/C19H29N5O2/c1-15-17(24-11-4-3-6-18(24)21-15)14-22(2)19(26)20-9-5-10-23-12-7-16(25)8-13-23/h3-4,6,11,16,25H,5,7-10,12-14H2,1-2H3,(H,20,26). The minimum absolute atomic E-state index is 0.0654. The SMILES string of the molecule is Cc1nc2ccccn2c1CN(C)C(=O)NCCCN1CCC(O)CC1. The van der Waals surface area contributed by atoms with Gasteiger partial charge in [-0.3, -0.25) is 0 Å². The number of piperidine rings is 1. The Bertz CT molecular complexity index is 737. The molecule has 2 amide bonds. The molecule has 2 aromatic heterocycles. The van der Waals surface area contributed by atoms with Crippen molar-refractivity contribution < 1.29 is 9.90 Å². The zero-order valence-electron chi connectivity index (χ0n) is 15.7.